The van der Waals surface area contributed by atoms with E-state index in [1.807, 2.05) is 24.3 Å². The highest BCUT2D eigenvalue weighted by Crippen LogP contribution is 2.09. The van der Waals surface area contributed by atoms with Gasteiger partial charge in [0, 0.05) is 0 Å². The van der Waals surface area contributed by atoms with E-state index in [0.717, 1.165) is 5.75 Å². The van der Waals surface area contributed by atoms with Crippen LogP contribution in [-0.2, 0) is 4.79 Å². The fourth-order valence-corrected chi connectivity index (χ4v) is 0.674. The molecule has 0 saturated heterocycles. The van der Waals surface area contributed by atoms with Crippen molar-refractivity contribution in [2.75, 3.05) is 7.11 Å². The third-order valence-corrected chi connectivity index (χ3v) is 1.32. The molecule has 3 N–H and O–H groups in total. The lowest BCUT2D eigenvalue weighted by Crippen LogP contribution is -2.18. The van der Waals surface area contributed by atoms with E-state index in [1.165, 1.54) is 5.56 Å². The van der Waals surface area contributed by atoms with Crippen LogP contribution in [-0.4, -0.2) is 13.5 Å². The lowest BCUT2D eigenvalue weighted by atomic mass is 10.2. The Balaban J connectivity index is 0.000000310. The maximum absolute atomic E-state index is 8.94. The van der Waals surface area contributed by atoms with Crippen molar-refractivity contribution >= 4 is 6.41 Å². The highest BCUT2D eigenvalue weighted by atomic mass is 16.5. The molecule has 0 unspecified atom stereocenters. The van der Waals surface area contributed by atoms with Crippen molar-refractivity contribution in [1.82, 2.24) is 5.43 Å². The third-order valence-electron chi connectivity index (χ3n) is 1.32. The number of methoxy groups -OCH3 is 1. The lowest BCUT2D eigenvalue weighted by Gasteiger charge is -1.97. The first kappa shape index (κ1) is 11.4. The van der Waals surface area contributed by atoms with Crippen molar-refractivity contribution in [1.29, 1.82) is 0 Å². The Morgan fingerprint density at radius 3 is 2.15 bits per heavy atom. The van der Waals surface area contributed by atoms with Gasteiger partial charge in [-0.1, -0.05) is 17.7 Å². The number of carbonyl (C=O) groups excluding carboxylic acids is 1. The van der Waals surface area contributed by atoms with Crippen LogP contribution in [0.5, 0.6) is 5.75 Å². The average Bonchev–Trinajstić information content (AvgIpc) is 2.19. The van der Waals surface area contributed by atoms with E-state index in [0.29, 0.717) is 6.41 Å². The zero-order valence-electron chi connectivity index (χ0n) is 7.78. The van der Waals surface area contributed by atoms with Gasteiger partial charge >= 0.3 is 0 Å². The van der Waals surface area contributed by atoms with Gasteiger partial charge < -0.3 is 4.74 Å². The standard InChI is InChI=1S/C8H10O.CH4N2O/c1-7-3-5-8(9-2)6-4-7;2-3-1-4/h3-6H,1-2H3;1H,2H2,(H,3,4). The molecule has 1 aromatic rings. The van der Waals surface area contributed by atoms with Gasteiger partial charge in [0.25, 0.3) is 0 Å². The monoisotopic (exact) mass is 182 g/mol. The summed E-state index contributed by atoms with van der Waals surface area (Å²) in [5.74, 6) is 5.33. The minimum Gasteiger partial charge on any atom is -0.497 e. The van der Waals surface area contributed by atoms with E-state index in [2.05, 4.69) is 12.8 Å². The van der Waals surface area contributed by atoms with E-state index in [-0.39, 0.29) is 0 Å². The second-order valence-electron chi connectivity index (χ2n) is 2.30. The molecule has 0 bridgehead atoms. The number of amides is 1. The van der Waals surface area contributed by atoms with Crippen LogP contribution in [0.4, 0.5) is 0 Å². The van der Waals surface area contributed by atoms with Crippen molar-refractivity contribution in [3.05, 3.63) is 29.8 Å². The van der Waals surface area contributed by atoms with Crippen LogP contribution in [0.3, 0.4) is 0 Å². The van der Waals surface area contributed by atoms with E-state index >= 15 is 0 Å². The number of benzene rings is 1. The predicted octanol–water partition coefficient (Wildman–Crippen LogP) is 0.610. The minimum atomic E-state index is 0.403. The van der Waals surface area contributed by atoms with E-state index < -0.39 is 0 Å². The van der Waals surface area contributed by atoms with Gasteiger partial charge in [0.1, 0.15) is 5.75 Å². The molecule has 1 amide bonds. The van der Waals surface area contributed by atoms with Gasteiger partial charge in [-0.15, -0.1) is 0 Å². The summed E-state index contributed by atoms with van der Waals surface area (Å²) >= 11 is 0. The van der Waals surface area contributed by atoms with Crippen molar-refractivity contribution in [2.24, 2.45) is 5.84 Å². The second-order valence-corrected chi connectivity index (χ2v) is 2.30. The molecular weight excluding hydrogens is 168 g/mol. The molecule has 0 saturated carbocycles. The number of ether oxygens (including phenoxy) is 1. The largest absolute Gasteiger partial charge is 0.497 e. The average molecular weight is 182 g/mol. The summed E-state index contributed by atoms with van der Waals surface area (Å²) in [6, 6.07) is 7.96. The van der Waals surface area contributed by atoms with Gasteiger partial charge in [-0.25, -0.2) is 5.84 Å². The quantitative estimate of drug-likeness (QED) is 0.305. The number of hydrogen-bond donors (Lipinski definition) is 2. The Labute approximate surface area is 77.7 Å². The van der Waals surface area contributed by atoms with Crippen LogP contribution in [0.15, 0.2) is 24.3 Å². The van der Waals surface area contributed by atoms with Gasteiger partial charge in [-0.2, -0.15) is 0 Å². The first-order valence-corrected chi connectivity index (χ1v) is 3.75. The Kier molecular flexibility index (Phi) is 6.27. The number of rotatable bonds is 2. The van der Waals surface area contributed by atoms with Crippen molar-refractivity contribution in [3.8, 4) is 5.75 Å². The number of nitrogens with two attached hydrogens (primary N) is 1. The van der Waals surface area contributed by atoms with Gasteiger partial charge in [-0.05, 0) is 19.1 Å². The van der Waals surface area contributed by atoms with Crippen LogP contribution >= 0.6 is 0 Å². The summed E-state index contributed by atoms with van der Waals surface area (Å²) in [6.45, 7) is 2.06. The van der Waals surface area contributed by atoms with Crippen molar-refractivity contribution in [3.63, 3.8) is 0 Å². The van der Waals surface area contributed by atoms with Crippen LogP contribution in [0.25, 0.3) is 0 Å². The molecule has 0 heterocycles. The highest BCUT2D eigenvalue weighted by Gasteiger charge is 1.85. The molecule has 0 radical (unpaired) electrons. The van der Waals surface area contributed by atoms with Gasteiger partial charge in [0.05, 0.1) is 7.11 Å². The summed E-state index contributed by atoms with van der Waals surface area (Å²) in [7, 11) is 1.67. The molecule has 0 aliphatic carbocycles. The van der Waals surface area contributed by atoms with Crippen LogP contribution in [0.2, 0.25) is 0 Å². The van der Waals surface area contributed by atoms with Crippen molar-refractivity contribution in [2.45, 2.75) is 6.92 Å². The summed E-state index contributed by atoms with van der Waals surface area (Å²) in [6.07, 6.45) is 0.403. The SMILES string of the molecule is COc1ccc(C)cc1.NNC=O. The Morgan fingerprint density at radius 1 is 1.38 bits per heavy atom. The minimum absolute atomic E-state index is 0.403. The van der Waals surface area contributed by atoms with Gasteiger partial charge in [-0.3, -0.25) is 10.2 Å². The Morgan fingerprint density at radius 2 is 1.85 bits per heavy atom. The molecule has 1 rings (SSSR count). The molecule has 13 heavy (non-hydrogen) atoms. The Hall–Kier alpha value is -1.55. The highest BCUT2D eigenvalue weighted by molar-refractivity contribution is 5.44. The predicted molar refractivity (Wildman–Crippen MR) is 51.1 cm³/mol. The summed E-state index contributed by atoms with van der Waals surface area (Å²) in [4.78, 5) is 8.94. The first-order valence-electron chi connectivity index (χ1n) is 3.75. The molecule has 0 fully saturated rings. The van der Waals surface area contributed by atoms with Gasteiger partial charge in [0.15, 0.2) is 0 Å². The lowest BCUT2D eigenvalue weighted by molar-refractivity contribution is -0.109. The zero-order chi connectivity index (χ0) is 10.1. The molecule has 72 valence electrons. The summed E-state index contributed by atoms with van der Waals surface area (Å²) in [5.41, 5.74) is 3.01. The topological polar surface area (TPSA) is 64.3 Å². The fourth-order valence-electron chi connectivity index (χ4n) is 0.674. The normalized spacial score (nSPS) is 7.92. The molecule has 0 atom stereocenters. The van der Waals surface area contributed by atoms with E-state index in [4.69, 9.17) is 9.53 Å². The third kappa shape index (κ3) is 5.69. The smallest absolute Gasteiger partial charge is 0.221 e. The number of nitrogens with one attached hydrogen (secondary N) is 1. The maximum Gasteiger partial charge on any atom is 0.221 e. The van der Waals surface area contributed by atoms with E-state index in [9.17, 15) is 0 Å². The molecule has 4 heteroatoms. The zero-order valence-corrected chi connectivity index (χ0v) is 7.78. The van der Waals surface area contributed by atoms with Crippen LogP contribution in [0, 0.1) is 6.92 Å². The van der Waals surface area contributed by atoms with Crippen molar-refractivity contribution < 1.29 is 9.53 Å². The molecule has 0 aliphatic rings. The number of hydrazine groups is 1. The molecule has 0 aromatic heterocycles. The maximum atomic E-state index is 8.94. The number of aryl methyl sites for hydroxylation is 1. The Bertz CT molecular complexity index is 234. The first-order chi connectivity index (χ1) is 6.24. The summed E-state index contributed by atoms with van der Waals surface area (Å²) in [5, 5.41) is 0. The van der Waals surface area contributed by atoms with E-state index in [1.54, 1.807) is 12.5 Å². The number of hydrogen-bond acceptors (Lipinski definition) is 3. The summed E-state index contributed by atoms with van der Waals surface area (Å²) < 4.78 is 4.97. The molecule has 4 nitrogen and oxygen atoms in total. The number of carbonyl (C=O) groups is 1. The van der Waals surface area contributed by atoms with Crippen LogP contribution in [0.1, 0.15) is 5.56 Å². The second kappa shape index (κ2) is 7.12. The van der Waals surface area contributed by atoms with Gasteiger partial charge in [0.2, 0.25) is 6.41 Å². The molecule has 0 aliphatic heterocycles. The molecule has 1 aromatic carbocycles. The fraction of sp³-hybridized carbons (Fsp3) is 0.222. The molecular formula is C9H14N2O2. The molecule has 0 spiro atoms. The van der Waals surface area contributed by atoms with Crippen LogP contribution < -0.4 is 16.0 Å².